The van der Waals surface area contributed by atoms with Crippen LogP contribution in [0.1, 0.15) is 35.1 Å². The first-order valence-corrected chi connectivity index (χ1v) is 10.2. The molecule has 0 aliphatic rings. The highest BCUT2D eigenvalue weighted by atomic mass is 16.2. The van der Waals surface area contributed by atoms with Crippen molar-refractivity contribution in [2.45, 2.75) is 33.2 Å². The molecule has 5 nitrogen and oxygen atoms in total. The normalized spacial score (nSPS) is 10.7. The highest BCUT2D eigenvalue weighted by molar-refractivity contribution is 5.89. The molecule has 0 saturated carbocycles. The summed E-state index contributed by atoms with van der Waals surface area (Å²) in [4.78, 5) is 14.4. The van der Waals surface area contributed by atoms with Gasteiger partial charge in [-0.3, -0.25) is 0 Å². The van der Waals surface area contributed by atoms with Crippen molar-refractivity contribution in [1.82, 2.24) is 15.5 Å². The molecule has 0 bridgehead atoms. The van der Waals surface area contributed by atoms with Crippen LogP contribution in [0.25, 0.3) is 5.70 Å². The standard InChI is InChI=1S/C24H34N4O/c1-18-11-12-21(15-19(18)2)17-28(5)14-7-6-13-26-24(29)27-23-10-8-9-22(16-23)20(3)25-4/h8-12,15-16,25H,3,6-7,13-14,17H2,1-2,4-5H3,(H2,26,27,29). The van der Waals surface area contributed by atoms with Crippen molar-refractivity contribution in [3.05, 3.63) is 71.3 Å². The number of benzene rings is 2. The van der Waals surface area contributed by atoms with Crippen LogP contribution in [0.2, 0.25) is 0 Å². The molecule has 2 rings (SSSR count). The highest BCUT2D eigenvalue weighted by Crippen LogP contribution is 2.15. The Morgan fingerprint density at radius 2 is 1.86 bits per heavy atom. The second-order valence-corrected chi connectivity index (χ2v) is 7.55. The number of carbonyl (C=O) groups excluding carboxylic acids is 1. The lowest BCUT2D eigenvalue weighted by atomic mass is 10.1. The van der Waals surface area contributed by atoms with Gasteiger partial charge in [0.25, 0.3) is 0 Å². The molecule has 0 aliphatic carbocycles. The lowest BCUT2D eigenvalue weighted by molar-refractivity contribution is 0.251. The molecule has 0 spiro atoms. The quantitative estimate of drug-likeness (QED) is 0.519. The number of anilines is 1. The molecule has 5 heteroatoms. The Labute approximate surface area is 175 Å². The average Bonchev–Trinajstić information content (AvgIpc) is 2.70. The van der Waals surface area contributed by atoms with Crippen molar-refractivity contribution in [2.75, 3.05) is 32.5 Å². The number of aryl methyl sites for hydroxylation is 2. The molecule has 0 saturated heterocycles. The first-order valence-electron chi connectivity index (χ1n) is 10.2. The van der Waals surface area contributed by atoms with Crippen molar-refractivity contribution in [2.24, 2.45) is 0 Å². The van der Waals surface area contributed by atoms with Crippen LogP contribution in [-0.2, 0) is 6.54 Å². The van der Waals surface area contributed by atoms with Crippen LogP contribution in [0.5, 0.6) is 0 Å². The van der Waals surface area contributed by atoms with E-state index in [1.807, 2.05) is 31.3 Å². The summed E-state index contributed by atoms with van der Waals surface area (Å²) in [5, 5.41) is 8.81. The number of nitrogens with one attached hydrogen (secondary N) is 3. The third kappa shape index (κ3) is 7.62. The topological polar surface area (TPSA) is 56.4 Å². The Bertz CT molecular complexity index is 831. The molecule has 0 unspecified atom stereocenters. The van der Waals surface area contributed by atoms with Gasteiger partial charge in [0, 0.05) is 31.5 Å². The summed E-state index contributed by atoms with van der Waals surface area (Å²) in [6.45, 7) is 10.8. The molecule has 3 N–H and O–H groups in total. The van der Waals surface area contributed by atoms with Crippen LogP contribution in [0.4, 0.5) is 10.5 Å². The van der Waals surface area contributed by atoms with Crippen LogP contribution >= 0.6 is 0 Å². The summed E-state index contributed by atoms with van der Waals surface area (Å²) in [5.74, 6) is 0. The van der Waals surface area contributed by atoms with Crippen LogP contribution in [0.3, 0.4) is 0 Å². The Morgan fingerprint density at radius 3 is 2.59 bits per heavy atom. The zero-order valence-electron chi connectivity index (χ0n) is 18.1. The first-order chi connectivity index (χ1) is 13.9. The summed E-state index contributed by atoms with van der Waals surface area (Å²) in [6, 6.07) is 14.1. The van der Waals surface area contributed by atoms with Gasteiger partial charge in [-0.25, -0.2) is 4.79 Å². The SMILES string of the molecule is C=C(NC)c1cccc(NC(=O)NCCCCN(C)Cc2ccc(C)c(C)c2)c1. The number of hydrogen-bond donors (Lipinski definition) is 3. The van der Waals surface area contributed by atoms with Gasteiger partial charge in [-0.2, -0.15) is 0 Å². The minimum Gasteiger partial charge on any atom is -0.388 e. The van der Waals surface area contributed by atoms with Gasteiger partial charge in [0.1, 0.15) is 0 Å². The molecule has 0 radical (unpaired) electrons. The van der Waals surface area contributed by atoms with Gasteiger partial charge in [-0.05, 0) is 74.7 Å². The number of unbranched alkanes of at least 4 members (excludes halogenated alkanes) is 1. The monoisotopic (exact) mass is 394 g/mol. The van der Waals surface area contributed by atoms with E-state index < -0.39 is 0 Å². The Morgan fingerprint density at radius 1 is 1.07 bits per heavy atom. The molecule has 0 fully saturated rings. The number of nitrogens with zero attached hydrogens (tertiary/aromatic N) is 1. The summed E-state index contributed by atoms with van der Waals surface area (Å²) in [5.41, 5.74) is 6.54. The van der Waals surface area contributed by atoms with Crippen molar-refractivity contribution in [3.8, 4) is 0 Å². The van der Waals surface area contributed by atoms with Crippen molar-refractivity contribution in [3.63, 3.8) is 0 Å². The van der Waals surface area contributed by atoms with Gasteiger partial charge in [-0.1, -0.05) is 36.9 Å². The second-order valence-electron chi connectivity index (χ2n) is 7.55. The molecule has 0 atom stereocenters. The van der Waals surface area contributed by atoms with E-state index in [4.69, 9.17) is 0 Å². The average molecular weight is 395 g/mol. The van der Waals surface area contributed by atoms with E-state index in [-0.39, 0.29) is 6.03 Å². The number of urea groups is 1. The first kappa shape index (κ1) is 22.5. The van der Waals surface area contributed by atoms with E-state index in [0.29, 0.717) is 6.54 Å². The predicted molar refractivity (Wildman–Crippen MR) is 123 cm³/mol. The van der Waals surface area contributed by atoms with Crippen molar-refractivity contribution in [1.29, 1.82) is 0 Å². The van der Waals surface area contributed by atoms with E-state index in [1.165, 1.54) is 16.7 Å². The Kier molecular flexibility index (Phi) is 8.74. The summed E-state index contributed by atoms with van der Waals surface area (Å²) in [7, 11) is 3.97. The fourth-order valence-electron chi connectivity index (χ4n) is 3.11. The zero-order chi connectivity index (χ0) is 21.2. The molecular weight excluding hydrogens is 360 g/mol. The van der Waals surface area contributed by atoms with E-state index in [2.05, 4.69) is 66.5 Å². The molecule has 0 heterocycles. The summed E-state index contributed by atoms with van der Waals surface area (Å²) < 4.78 is 0. The van der Waals surface area contributed by atoms with Crippen LogP contribution in [0.15, 0.2) is 49.0 Å². The van der Waals surface area contributed by atoms with Gasteiger partial charge >= 0.3 is 6.03 Å². The molecular formula is C24H34N4O. The smallest absolute Gasteiger partial charge is 0.319 e. The lowest BCUT2D eigenvalue weighted by Crippen LogP contribution is -2.30. The van der Waals surface area contributed by atoms with E-state index in [9.17, 15) is 4.79 Å². The molecule has 156 valence electrons. The van der Waals surface area contributed by atoms with Gasteiger partial charge in [0.2, 0.25) is 0 Å². The molecule has 0 aliphatic heterocycles. The Hall–Kier alpha value is -2.79. The molecule has 2 aromatic rings. The number of rotatable bonds is 10. The maximum atomic E-state index is 12.1. The molecule has 2 amide bonds. The highest BCUT2D eigenvalue weighted by Gasteiger charge is 2.05. The van der Waals surface area contributed by atoms with Crippen molar-refractivity contribution >= 4 is 17.4 Å². The molecule has 2 aromatic carbocycles. The van der Waals surface area contributed by atoms with Crippen LogP contribution in [0, 0.1) is 13.8 Å². The summed E-state index contributed by atoms with van der Waals surface area (Å²) in [6.07, 6.45) is 1.99. The fraction of sp³-hybridized carbons (Fsp3) is 0.375. The summed E-state index contributed by atoms with van der Waals surface area (Å²) >= 11 is 0. The Balaban J connectivity index is 1.65. The maximum Gasteiger partial charge on any atom is 0.319 e. The largest absolute Gasteiger partial charge is 0.388 e. The molecule has 0 aromatic heterocycles. The van der Waals surface area contributed by atoms with Gasteiger partial charge in [0.05, 0.1) is 0 Å². The minimum absolute atomic E-state index is 0.180. The number of amides is 2. The van der Waals surface area contributed by atoms with E-state index in [1.54, 1.807) is 0 Å². The zero-order valence-corrected chi connectivity index (χ0v) is 18.1. The lowest BCUT2D eigenvalue weighted by Gasteiger charge is -2.17. The van der Waals surface area contributed by atoms with Gasteiger partial charge in [0.15, 0.2) is 0 Å². The number of carbonyl (C=O) groups is 1. The van der Waals surface area contributed by atoms with Crippen LogP contribution < -0.4 is 16.0 Å². The third-order valence-electron chi connectivity index (χ3n) is 5.05. The third-order valence-corrected chi connectivity index (χ3v) is 5.05. The fourth-order valence-corrected chi connectivity index (χ4v) is 3.11. The number of hydrogen-bond acceptors (Lipinski definition) is 3. The van der Waals surface area contributed by atoms with E-state index in [0.717, 1.165) is 42.9 Å². The van der Waals surface area contributed by atoms with Crippen LogP contribution in [-0.4, -0.2) is 38.1 Å². The predicted octanol–water partition coefficient (Wildman–Crippen LogP) is 4.53. The van der Waals surface area contributed by atoms with E-state index >= 15 is 0 Å². The van der Waals surface area contributed by atoms with Crippen molar-refractivity contribution < 1.29 is 4.79 Å². The second kappa shape index (κ2) is 11.3. The van der Waals surface area contributed by atoms with Gasteiger partial charge in [-0.15, -0.1) is 0 Å². The minimum atomic E-state index is -0.180. The maximum absolute atomic E-state index is 12.1. The van der Waals surface area contributed by atoms with Gasteiger partial charge < -0.3 is 20.9 Å². The molecule has 29 heavy (non-hydrogen) atoms.